The summed E-state index contributed by atoms with van der Waals surface area (Å²) in [6.07, 6.45) is -2.29. The molecule has 4 heterocycles. The summed E-state index contributed by atoms with van der Waals surface area (Å²) in [4.78, 5) is 23.0. The molecule has 1 N–H and O–H groups in total. The molecular weight excluding hydrogens is 489 g/mol. The van der Waals surface area contributed by atoms with Gasteiger partial charge in [0.2, 0.25) is 11.8 Å². The molecule has 8 nitrogen and oxygen atoms in total. The molecule has 3 aliphatic heterocycles. The lowest BCUT2D eigenvalue weighted by molar-refractivity contribution is -0.141. The number of hydrogen-bond donors (Lipinski definition) is 1. The van der Waals surface area contributed by atoms with Crippen molar-refractivity contribution in [3.8, 4) is 11.5 Å². The maximum Gasteiger partial charge on any atom is 0.433 e. The molecule has 5 rings (SSSR count). The van der Waals surface area contributed by atoms with Gasteiger partial charge in [-0.15, -0.1) is 0 Å². The summed E-state index contributed by atoms with van der Waals surface area (Å²) in [5, 5.41) is 2.81. The first-order valence-electron chi connectivity index (χ1n) is 10.7. The molecule has 0 radical (unpaired) electrons. The summed E-state index contributed by atoms with van der Waals surface area (Å²) in [5.74, 6) is -2.41. The molecule has 188 valence electrons. The Morgan fingerprint density at radius 3 is 2.67 bits per heavy atom. The van der Waals surface area contributed by atoms with Gasteiger partial charge in [0.05, 0.1) is 12.6 Å². The lowest BCUT2D eigenvalue weighted by Crippen LogP contribution is -2.51. The highest BCUT2D eigenvalue weighted by atomic mass is 19.4. The predicted molar refractivity (Wildman–Crippen MR) is 115 cm³/mol. The molecule has 1 amide bonds. The Labute approximate surface area is 201 Å². The molecule has 0 spiro atoms. The average molecular weight is 507 g/mol. The van der Waals surface area contributed by atoms with Gasteiger partial charge in [-0.25, -0.2) is 8.78 Å². The molecule has 2 aromatic rings. The first kappa shape index (κ1) is 23.6. The SMILES string of the molecule is C=C1N=C(OCc2cc(F)c(Oc3ccnc(C(F)(F)F)c3)c(F)c2)C=C2N1CC1CNC(=O)CN21. The second-order valence-corrected chi connectivity index (χ2v) is 8.22. The zero-order chi connectivity index (χ0) is 25.6. The third-order valence-electron chi connectivity index (χ3n) is 5.74. The Hall–Kier alpha value is -4.16. The zero-order valence-electron chi connectivity index (χ0n) is 18.5. The topological polar surface area (TPSA) is 79.3 Å². The summed E-state index contributed by atoms with van der Waals surface area (Å²) in [6.45, 7) is 4.91. The average Bonchev–Trinajstić information content (AvgIpc) is 3.18. The number of hydrogen-bond acceptors (Lipinski definition) is 7. The van der Waals surface area contributed by atoms with E-state index in [-0.39, 0.29) is 36.6 Å². The Morgan fingerprint density at radius 1 is 1.19 bits per heavy atom. The summed E-state index contributed by atoms with van der Waals surface area (Å²) in [7, 11) is 0. The molecule has 36 heavy (non-hydrogen) atoms. The van der Waals surface area contributed by atoms with Gasteiger partial charge in [0.15, 0.2) is 17.4 Å². The number of nitrogens with zero attached hydrogens (tertiary/aromatic N) is 4. The predicted octanol–water partition coefficient (Wildman–Crippen LogP) is 3.53. The van der Waals surface area contributed by atoms with Crippen molar-refractivity contribution < 1.29 is 36.2 Å². The van der Waals surface area contributed by atoms with Crippen LogP contribution in [0.15, 0.2) is 59.8 Å². The minimum Gasteiger partial charge on any atom is -0.473 e. The number of carbonyl (C=O) groups is 1. The van der Waals surface area contributed by atoms with Crippen LogP contribution in [0, 0.1) is 11.6 Å². The number of benzene rings is 1. The molecule has 2 saturated heterocycles. The number of aromatic nitrogens is 1. The summed E-state index contributed by atoms with van der Waals surface area (Å²) in [6, 6.07) is 3.55. The molecule has 0 saturated carbocycles. The van der Waals surface area contributed by atoms with Crippen LogP contribution >= 0.6 is 0 Å². The van der Waals surface area contributed by atoms with Crippen molar-refractivity contribution in [2.24, 2.45) is 4.99 Å². The lowest BCUT2D eigenvalue weighted by Gasteiger charge is -2.31. The normalized spacial score (nSPS) is 19.3. The van der Waals surface area contributed by atoms with Crippen molar-refractivity contribution in [2.45, 2.75) is 18.8 Å². The van der Waals surface area contributed by atoms with Gasteiger partial charge in [-0.2, -0.15) is 18.2 Å². The van der Waals surface area contributed by atoms with Crippen molar-refractivity contribution in [2.75, 3.05) is 19.6 Å². The van der Waals surface area contributed by atoms with E-state index in [1.54, 1.807) is 6.08 Å². The second-order valence-electron chi connectivity index (χ2n) is 8.22. The standard InChI is InChI=1S/C23H18F5N5O3/c1-12-31-20(7-21-32(12)9-14-8-30-19(34)10-33(14)21)35-11-13-4-16(24)22(17(25)5-13)36-15-2-3-29-18(6-15)23(26,27)28/h2-7,14H,1,8-11H2,(H,30,34). The van der Waals surface area contributed by atoms with Gasteiger partial charge < -0.3 is 24.6 Å². The number of carbonyl (C=O) groups excluding carboxylic acids is 1. The number of halogens is 5. The van der Waals surface area contributed by atoms with Crippen molar-refractivity contribution in [1.29, 1.82) is 0 Å². The summed E-state index contributed by atoms with van der Waals surface area (Å²) < 4.78 is 78.3. The maximum absolute atomic E-state index is 14.6. The third-order valence-corrected chi connectivity index (χ3v) is 5.74. The van der Waals surface area contributed by atoms with E-state index in [1.165, 1.54) is 0 Å². The number of fused-ring (bicyclic) bond motifs is 3. The van der Waals surface area contributed by atoms with Crippen LogP contribution in [0.3, 0.4) is 0 Å². The van der Waals surface area contributed by atoms with E-state index >= 15 is 0 Å². The lowest BCUT2D eigenvalue weighted by atomic mass is 10.2. The Morgan fingerprint density at radius 2 is 1.94 bits per heavy atom. The van der Waals surface area contributed by atoms with Crippen molar-refractivity contribution in [3.05, 3.63) is 77.7 Å². The van der Waals surface area contributed by atoms with E-state index in [0.717, 1.165) is 24.4 Å². The number of pyridine rings is 1. The summed E-state index contributed by atoms with van der Waals surface area (Å²) in [5.41, 5.74) is -1.16. The van der Waals surface area contributed by atoms with Gasteiger partial charge in [-0.3, -0.25) is 9.78 Å². The molecule has 2 fully saturated rings. The van der Waals surface area contributed by atoms with Gasteiger partial charge in [0, 0.05) is 31.4 Å². The van der Waals surface area contributed by atoms with E-state index < -0.39 is 35.0 Å². The van der Waals surface area contributed by atoms with E-state index in [2.05, 4.69) is 21.9 Å². The number of rotatable bonds is 4. The Balaban J connectivity index is 1.29. The highest BCUT2D eigenvalue weighted by Gasteiger charge is 2.40. The quantitative estimate of drug-likeness (QED) is 0.639. The van der Waals surface area contributed by atoms with Crippen LogP contribution in [0.4, 0.5) is 22.0 Å². The largest absolute Gasteiger partial charge is 0.473 e. The van der Waals surface area contributed by atoms with Gasteiger partial charge in [0.1, 0.15) is 29.7 Å². The third kappa shape index (κ3) is 4.55. The van der Waals surface area contributed by atoms with Gasteiger partial charge in [-0.05, 0) is 23.8 Å². The van der Waals surface area contributed by atoms with Gasteiger partial charge in [0.25, 0.3) is 0 Å². The van der Waals surface area contributed by atoms with E-state index in [1.807, 2.05) is 9.80 Å². The van der Waals surface area contributed by atoms with Gasteiger partial charge in [-0.1, -0.05) is 6.58 Å². The number of aliphatic imine (C=N–C) groups is 1. The molecule has 0 aliphatic carbocycles. The highest BCUT2D eigenvalue weighted by molar-refractivity contribution is 5.90. The van der Waals surface area contributed by atoms with E-state index in [4.69, 9.17) is 9.47 Å². The van der Waals surface area contributed by atoms with Crippen LogP contribution in [0.1, 0.15) is 11.3 Å². The highest BCUT2D eigenvalue weighted by Crippen LogP contribution is 2.34. The molecule has 13 heteroatoms. The number of nitrogens with one attached hydrogen (secondary N) is 1. The number of alkyl halides is 3. The molecule has 1 aromatic heterocycles. The second kappa shape index (κ2) is 8.81. The van der Waals surface area contributed by atoms with Gasteiger partial charge >= 0.3 is 6.18 Å². The summed E-state index contributed by atoms with van der Waals surface area (Å²) >= 11 is 0. The first-order valence-corrected chi connectivity index (χ1v) is 10.7. The van der Waals surface area contributed by atoms with Crippen LogP contribution in [-0.2, 0) is 22.3 Å². The molecule has 0 bridgehead atoms. The fourth-order valence-electron chi connectivity index (χ4n) is 4.07. The number of ether oxygens (including phenoxy) is 2. The van der Waals surface area contributed by atoms with Crippen LogP contribution < -0.4 is 10.1 Å². The van der Waals surface area contributed by atoms with E-state index in [0.29, 0.717) is 30.8 Å². The molecule has 1 atom stereocenters. The van der Waals surface area contributed by atoms with Crippen LogP contribution in [-0.4, -0.2) is 52.3 Å². The number of amides is 1. The fourth-order valence-corrected chi connectivity index (χ4v) is 4.07. The van der Waals surface area contributed by atoms with Crippen LogP contribution in [0.5, 0.6) is 11.5 Å². The smallest absolute Gasteiger partial charge is 0.433 e. The first-order chi connectivity index (χ1) is 17.1. The van der Waals surface area contributed by atoms with E-state index in [9.17, 15) is 26.7 Å². The fraction of sp³-hybridized carbons (Fsp3) is 0.261. The van der Waals surface area contributed by atoms with Crippen molar-refractivity contribution in [3.63, 3.8) is 0 Å². The molecule has 1 unspecified atom stereocenters. The monoisotopic (exact) mass is 507 g/mol. The van der Waals surface area contributed by atoms with Crippen LogP contribution in [0.25, 0.3) is 0 Å². The van der Waals surface area contributed by atoms with Crippen molar-refractivity contribution >= 4 is 11.8 Å². The minimum absolute atomic E-state index is 0.0589. The minimum atomic E-state index is -4.74. The Kier molecular flexibility index (Phi) is 5.77. The number of piperazine rings is 1. The maximum atomic E-state index is 14.6. The molecule has 3 aliphatic rings. The van der Waals surface area contributed by atoms with Crippen LogP contribution in [0.2, 0.25) is 0 Å². The Bertz CT molecular complexity index is 1290. The molecular formula is C23H18F5N5O3. The van der Waals surface area contributed by atoms with Crippen molar-refractivity contribution in [1.82, 2.24) is 20.1 Å². The molecule has 1 aromatic carbocycles. The zero-order valence-corrected chi connectivity index (χ0v) is 18.5.